The minimum Gasteiger partial charge on any atom is -0.372 e. The van der Waals surface area contributed by atoms with Crippen molar-refractivity contribution in [1.29, 1.82) is 0 Å². The lowest BCUT2D eigenvalue weighted by molar-refractivity contribution is 0.102. The number of aromatic nitrogens is 1. The van der Waals surface area contributed by atoms with Gasteiger partial charge in [-0.05, 0) is 51.1 Å². The average molecular weight is 333 g/mol. The van der Waals surface area contributed by atoms with Crippen LogP contribution in [0.4, 0.5) is 11.4 Å². The number of anilines is 2. The van der Waals surface area contributed by atoms with E-state index in [9.17, 15) is 4.79 Å². The van der Waals surface area contributed by atoms with Gasteiger partial charge < -0.3 is 10.2 Å². The molecule has 3 aromatic rings. The van der Waals surface area contributed by atoms with E-state index in [1.54, 1.807) is 0 Å². The van der Waals surface area contributed by atoms with Crippen molar-refractivity contribution in [1.82, 2.24) is 4.98 Å². The summed E-state index contributed by atoms with van der Waals surface area (Å²) in [4.78, 5) is 19.5. The molecule has 0 aliphatic carbocycles. The van der Waals surface area contributed by atoms with Gasteiger partial charge in [-0.15, -0.1) is 0 Å². The summed E-state index contributed by atoms with van der Waals surface area (Å²) < 4.78 is 0. The zero-order valence-electron chi connectivity index (χ0n) is 15.1. The van der Waals surface area contributed by atoms with E-state index in [1.807, 2.05) is 68.6 Å². The second-order valence-corrected chi connectivity index (χ2v) is 6.54. The van der Waals surface area contributed by atoms with Crippen LogP contribution in [0.3, 0.4) is 0 Å². The van der Waals surface area contributed by atoms with Crippen LogP contribution in [0, 0.1) is 6.92 Å². The molecule has 4 heteroatoms. The molecule has 0 radical (unpaired) electrons. The summed E-state index contributed by atoms with van der Waals surface area (Å²) in [5.41, 5.74) is 4.17. The maximum absolute atomic E-state index is 12.8. The molecule has 0 saturated heterocycles. The van der Waals surface area contributed by atoms with E-state index in [0.717, 1.165) is 28.0 Å². The third-order valence-corrected chi connectivity index (χ3v) is 4.37. The second kappa shape index (κ2) is 6.93. The molecule has 1 N–H and O–H groups in total. The number of benzene rings is 2. The molecule has 0 unspecified atom stereocenters. The fourth-order valence-corrected chi connectivity index (χ4v) is 2.80. The fourth-order valence-electron chi connectivity index (χ4n) is 2.80. The summed E-state index contributed by atoms with van der Waals surface area (Å²) in [6.45, 7) is 6.18. The first-order valence-electron chi connectivity index (χ1n) is 8.46. The first kappa shape index (κ1) is 17.0. The average Bonchev–Trinajstić information content (AvgIpc) is 2.60. The van der Waals surface area contributed by atoms with Crippen molar-refractivity contribution in [3.05, 3.63) is 65.9 Å². The summed E-state index contributed by atoms with van der Waals surface area (Å²) in [6, 6.07) is 17.8. The molecule has 1 aromatic heterocycles. The van der Waals surface area contributed by atoms with Crippen molar-refractivity contribution in [2.45, 2.75) is 26.8 Å². The number of aryl methyl sites for hydroxylation is 1. The zero-order chi connectivity index (χ0) is 18.0. The number of nitrogens with one attached hydrogen (secondary N) is 1. The van der Waals surface area contributed by atoms with Crippen LogP contribution in [0.1, 0.15) is 29.9 Å². The van der Waals surface area contributed by atoms with Gasteiger partial charge in [-0.3, -0.25) is 9.78 Å². The molecular weight excluding hydrogens is 310 g/mol. The van der Waals surface area contributed by atoms with Gasteiger partial charge in [0.1, 0.15) is 0 Å². The molecule has 1 heterocycles. The highest BCUT2D eigenvalue weighted by Crippen LogP contribution is 2.23. The lowest BCUT2D eigenvalue weighted by atomic mass is 10.1. The highest BCUT2D eigenvalue weighted by Gasteiger charge is 2.13. The molecule has 0 atom stereocenters. The van der Waals surface area contributed by atoms with Crippen LogP contribution in [0.15, 0.2) is 54.6 Å². The molecule has 0 aliphatic heterocycles. The Morgan fingerprint density at radius 2 is 1.84 bits per heavy atom. The van der Waals surface area contributed by atoms with Gasteiger partial charge in [-0.2, -0.15) is 0 Å². The minimum atomic E-state index is -0.119. The van der Waals surface area contributed by atoms with Crippen molar-refractivity contribution < 1.29 is 4.79 Å². The van der Waals surface area contributed by atoms with Crippen molar-refractivity contribution in [2.75, 3.05) is 17.3 Å². The van der Waals surface area contributed by atoms with Gasteiger partial charge in [0.15, 0.2) is 0 Å². The lowest BCUT2D eigenvalue weighted by Crippen LogP contribution is -2.25. The van der Waals surface area contributed by atoms with Gasteiger partial charge in [0.05, 0.1) is 11.1 Å². The Morgan fingerprint density at radius 1 is 1.08 bits per heavy atom. The quantitative estimate of drug-likeness (QED) is 0.756. The molecule has 0 bridgehead atoms. The number of carbonyl (C=O) groups is 1. The van der Waals surface area contributed by atoms with Crippen molar-refractivity contribution in [2.24, 2.45) is 0 Å². The van der Waals surface area contributed by atoms with Gasteiger partial charge in [0, 0.05) is 35.5 Å². The number of rotatable bonds is 4. The SMILES string of the molecule is Cc1cc(C(=O)Nc2cccc(N(C)C(C)C)c2)c2ccccc2n1. The molecular formula is C21H23N3O. The maximum Gasteiger partial charge on any atom is 0.256 e. The molecule has 0 fully saturated rings. The molecule has 3 rings (SSSR count). The Bertz CT molecular complexity index is 918. The van der Waals surface area contributed by atoms with Gasteiger partial charge in [-0.1, -0.05) is 24.3 Å². The molecule has 2 aromatic carbocycles. The largest absolute Gasteiger partial charge is 0.372 e. The number of carbonyl (C=O) groups excluding carboxylic acids is 1. The van der Waals surface area contributed by atoms with Crippen LogP contribution < -0.4 is 10.2 Å². The number of hydrogen-bond donors (Lipinski definition) is 1. The summed E-state index contributed by atoms with van der Waals surface area (Å²) in [5.74, 6) is -0.119. The topological polar surface area (TPSA) is 45.2 Å². The van der Waals surface area contributed by atoms with Crippen LogP contribution in [0.25, 0.3) is 10.9 Å². The Balaban J connectivity index is 1.92. The number of para-hydroxylation sites is 1. The summed E-state index contributed by atoms with van der Waals surface area (Å²) >= 11 is 0. The Kier molecular flexibility index (Phi) is 4.70. The van der Waals surface area contributed by atoms with Gasteiger partial charge in [0.2, 0.25) is 0 Å². The van der Waals surface area contributed by atoms with E-state index in [1.165, 1.54) is 0 Å². The third-order valence-electron chi connectivity index (χ3n) is 4.37. The van der Waals surface area contributed by atoms with Crippen molar-refractivity contribution >= 4 is 28.2 Å². The van der Waals surface area contributed by atoms with E-state index in [-0.39, 0.29) is 5.91 Å². The van der Waals surface area contributed by atoms with Crippen molar-refractivity contribution in [3.8, 4) is 0 Å². The Labute approximate surface area is 148 Å². The molecule has 25 heavy (non-hydrogen) atoms. The van der Waals surface area contributed by atoms with Gasteiger partial charge in [-0.25, -0.2) is 0 Å². The monoisotopic (exact) mass is 333 g/mol. The minimum absolute atomic E-state index is 0.119. The lowest BCUT2D eigenvalue weighted by Gasteiger charge is -2.24. The van der Waals surface area contributed by atoms with Crippen LogP contribution in [-0.4, -0.2) is 24.0 Å². The second-order valence-electron chi connectivity index (χ2n) is 6.54. The molecule has 1 amide bonds. The summed E-state index contributed by atoms with van der Waals surface area (Å²) in [6.07, 6.45) is 0. The molecule has 4 nitrogen and oxygen atoms in total. The number of hydrogen-bond acceptors (Lipinski definition) is 3. The number of fused-ring (bicyclic) bond motifs is 1. The fraction of sp³-hybridized carbons (Fsp3) is 0.238. The highest BCUT2D eigenvalue weighted by atomic mass is 16.1. The predicted octanol–water partition coefficient (Wildman–Crippen LogP) is 4.64. The number of pyridine rings is 1. The molecule has 0 aliphatic rings. The van der Waals surface area contributed by atoms with E-state index in [2.05, 4.69) is 29.0 Å². The Morgan fingerprint density at radius 3 is 2.60 bits per heavy atom. The van der Waals surface area contributed by atoms with E-state index >= 15 is 0 Å². The first-order valence-corrected chi connectivity index (χ1v) is 8.46. The standard InChI is InChI=1S/C21H23N3O/c1-14(2)24(4)17-9-7-8-16(13-17)23-21(25)19-12-15(3)22-20-11-6-5-10-18(19)20/h5-14H,1-4H3,(H,23,25). The maximum atomic E-state index is 12.8. The van der Waals surface area contributed by atoms with E-state index < -0.39 is 0 Å². The van der Waals surface area contributed by atoms with Crippen LogP contribution in [0.5, 0.6) is 0 Å². The Hall–Kier alpha value is -2.88. The van der Waals surface area contributed by atoms with E-state index in [4.69, 9.17) is 0 Å². The van der Waals surface area contributed by atoms with Crippen LogP contribution >= 0.6 is 0 Å². The molecule has 0 saturated carbocycles. The van der Waals surface area contributed by atoms with Crippen molar-refractivity contribution in [3.63, 3.8) is 0 Å². The van der Waals surface area contributed by atoms with E-state index in [0.29, 0.717) is 11.6 Å². The summed E-state index contributed by atoms with van der Waals surface area (Å²) in [5, 5.41) is 3.88. The zero-order valence-corrected chi connectivity index (χ0v) is 15.1. The van der Waals surface area contributed by atoms with Crippen LogP contribution in [-0.2, 0) is 0 Å². The molecule has 0 spiro atoms. The molecule has 128 valence electrons. The summed E-state index contributed by atoms with van der Waals surface area (Å²) in [7, 11) is 2.05. The first-order chi connectivity index (χ1) is 12.0. The third kappa shape index (κ3) is 3.63. The number of nitrogens with zero attached hydrogens (tertiary/aromatic N) is 2. The smallest absolute Gasteiger partial charge is 0.256 e. The van der Waals surface area contributed by atoms with Gasteiger partial charge >= 0.3 is 0 Å². The predicted molar refractivity (Wildman–Crippen MR) is 104 cm³/mol. The highest BCUT2D eigenvalue weighted by molar-refractivity contribution is 6.12. The normalized spacial score (nSPS) is 10.9. The van der Waals surface area contributed by atoms with Crippen LogP contribution in [0.2, 0.25) is 0 Å². The number of amides is 1. The van der Waals surface area contributed by atoms with Gasteiger partial charge in [0.25, 0.3) is 5.91 Å².